The summed E-state index contributed by atoms with van der Waals surface area (Å²) >= 11 is 0. The first-order chi connectivity index (χ1) is 12.6. The van der Waals surface area contributed by atoms with Gasteiger partial charge in [-0.1, -0.05) is 12.1 Å². The number of nitro groups is 1. The highest BCUT2D eigenvalue weighted by Gasteiger charge is 2.16. The quantitative estimate of drug-likeness (QED) is 0.390. The molecule has 1 heterocycles. The summed E-state index contributed by atoms with van der Waals surface area (Å²) in [5.41, 5.74) is 2.60. The van der Waals surface area contributed by atoms with Crippen molar-refractivity contribution in [3.63, 3.8) is 0 Å². The van der Waals surface area contributed by atoms with E-state index in [2.05, 4.69) is 5.32 Å². The van der Waals surface area contributed by atoms with Crippen LogP contribution in [0.25, 0.3) is 11.1 Å². The van der Waals surface area contributed by atoms with Crippen molar-refractivity contribution >= 4 is 23.0 Å². The highest BCUT2D eigenvalue weighted by molar-refractivity contribution is 5.91. The Morgan fingerprint density at radius 3 is 2.73 bits per heavy atom. The predicted octanol–water partition coefficient (Wildman–Crippen LogP) is 4.78. The van der Waals surface area contributed by atoms with Gasteiger partial charge < -0.3 is 14.5 Å². The van der Waals surface area contributed by atoms with E-state index in [1.807, 2.05) is 0 Å². The molecule has 132 valence electrons. The van der Waals surface area contributed by atoms with Gasteiger partial charge in [-0.25, -0.2) is 4.79 Å². The molecular formula is C19H16N2O5. The summed E-state index contributed by atoms with van der Waals surface area (Å²) in [5, 5.41) is 14.5. The Kier molecular flexibility index (Phi) is 4.98. The number of carbonyl (C=O) groups excluding carboxylic acids is 1. The maximum absolute atomic E-state index is 11.8. The zero-order valence-corrected chi connectivity index (χ0v) is 14.0. The molecule has 0 aliphatic carbocycles. The van der Waals surface area contributed by atoms with Gasteiger partial charge in [-0.15, -0.1) is 0 Å². The molecule has 1 N–H and O–H groups in total. The molecule has 1 aromatic heterocycles. The second-order valence-corrected chi connectivity index (χ2v) is 5.43. The maximum Gasteiger partial charge on any atom is 0.338 e. The van der Waals surface area contributed by atoms with Crippen molar-refractivity contribution in [3.05, 3.63) is 76.7 Å². The zero-order valence-electron chi connectivity index (χ0n) is 14.0. The SMILES string of the molecule is CCOC(=O)c1cccc(Nc2ccc(-c3ccoc3)cc2[N+](=O)[O-])c1. The van der Waals surface area contributed by atoms with Crippen LogP contribution in [0, 0.1) is 10.1 Å². The Labute approximate surface area is 149 Å². The average molecular weight is 352 g/mol. The molecule has 0 saturated carbocycles. The fourth-order valence-electron chi connectivity index (χ4n) is 2.49. The zero-order chi connectivity index (χ0) is 18.5. The lowest BCUT2D eigenvalue weighted by molar-refractivity contribution is -0.383. The molecule has 0 spiro atoms. The Bertz CT molecular complexity index is 935. The molecule has 7 heteroatoms. The van der Waals surface area contributed by atoms with E-state index in [4.69, 9.17) is 9.15 Å². The first-order valence-electron chi connectivity index (χ1n) is 7.93. The number of benzene rings is 2. The highest BCUT2D eigenvalue weighted by Crippen LogP contribution is 2.33. The number of nitrogens with one attached hydrogen (secondary N) is 1. The lowest BCUT2D eigenvalue weighted by atomic mass is 10.1. The van der Waals surface area contributed by atoms with Crippen LogP contribution in [-0.2, 0) is 4.74 Å². The normalized spacial score (nSPS) is 10.3. The van der Waals surface area contributed by atoms with E-state index in [9.17, 15) is 14.9 Å². The van der Waals surface area contributed by atoms with E-state index in [-0.39, 0.29) is 12.3 Å². The second-order valence-electron chi connectivity index (χ2n) is 5.43. The number of anilines is 2. The number of furan rings is 1. The molecule has 0 unspecified atom stereocenters. The van der Waals surface area contributed by atoms with Gasteiger partial charge in [0.15, 0.2) is 0 Å². The van der Waals surface area contributed by atoms with Crippen LogP contribution >= 0.6 is 0 Å². The molecule has 0 radical (unpaired) electrons. The molecule has 0 aliphatic heterocycles. The Hall–Kier alpha value is -3.61. The number of ether oxygens (including phenoxy) is 1. The van der Waals surface area contributed by atoms with Crippen molar-refractivity contribution < 1.29 is 18.9 Å². The van der Waals surface area contributed by atoms with E-state index < -0.39 is 10.9 Å². The molecule has 0 amide bonds. The summed E-state index contributed by atoms with van der Waals surface area (Å²) in [6.45, 7) is 2.00. The Balaban J connectivity index is 1.91. The van der Waals surface area contributed by atoms with Crippen molar-refractivity contribution in [2.24, 2.45) is 0 Å². The van der Waals surface area contributed by atoms with Crippen molar-refractivity contribution in [1.82, 2.24) is 0 Å². The van der Waals surface area contributed by atoms with E-state index >= 15 is 0 Å². The molecule has 3 rings (SSSR count). The number of carbonyl (C=O) groups is 1. The molecule has 7 nitrogen and oxygen atoms in total. The van der Waals surface area contributed by atoms with Gasteiger partial charge >= 0.3 is 5.97 Å². The van der Waals surface area contributed by atoms with Crippen LogP contribution in [0.1, 0.15) is 17.3 Å². The van der Waals surface area contributed by atoms with Crippen molar-refractivity contribution in [2.45, 2.75) is 6.92 Å². The molecule has 2 aromatic carbocycles. The van der Waals surface area contributed by atoms with Crippen LogP contribution in [-0.4, -0.2) is 17.5 Å². The molecule has 3 aromatic rings. The Morgan fingerprint density at radius 2 is 2.04 bits per heavy atom. The molecule has 26 heavy (non-hydrogen) atoms. The molecule has 0 aliphatic rings. The minimum atomic E-state index is -0.457. The molecule has 0 atom stereocenters. The number of nitrogens with zero attached hydrogens (tertiary/aromatic N) is 1. The number of nitro benzene ring substituents is 1. The van der Waals surface area contributed by atoms with Crippen molar-refractivity contribution in [1.29, 1.82) is 0 Å². The summed E-state index contributed by atoms with van der Waals surface area (Å²) in [5.74, 6) is -0.444. The van der Waals surface area contributed by atoms with E-state index in [1.54, 1.807) is 49.4 Å². The van der Waals surface area contributed by atoms with E-state index in [1.165, 1.54) is 18.6 Å². The van der Waals surface area contributed by atoms with Crippen LogP contribution < -0.4 is 5.32 Å². The fourth-order valence-corrected chi connectivity index (χ4v) is 2.49. The lowest BCUT2D eigenvalue weighted by Crippen LogP contribution is -2.05. The van der Waals surface area contributed by atoms with Crippen LogP contribution in [0.3, 0.4) is 0 Å². The largest absolute Gasteiger partial charge is 0.472 e. The minimum absolute atomic E-state index is 0.0785. The Morgan fingerprint density at radius 1 is 1.19 bits per heavy atom. The third-order valence-corrected chi connectivity index (χ3v) is 3.70. The van der Waals surface area contributed by atoms with Crippen molar-refractivity contribution in [3.8, 4) is 11.1 Å². The summed E-state index contributed by atoms with van der Waals surface area (Å²) in [7, 11) is 0. The van der Waals surface area contributed by atoms with E-state index in [0.29, 0.717) is 22.5 Å². The first kappa shape index (κ1) is 17.2. The standard InChI is InChI=1S/C19H16N2O5/c1-2-26-19(22)14-4-3-5-16(10-14)20-17-7-6-13(11-18(17)21(23)24)15-8-9-25-12-15/h3-12,20H,2H2,1H3. The smallest absolute Gasteiger partial charge is 0.338 e. The number of esters is 1. The minimum Gasteiger partial charge on any atom is -0.472 e. The molecule has 0 fully saturated rings. The summed E-state index contributed by atoms with van der Waals surface area (Å²) in [6, 6.07) is 13.2. The van der Waals surface area contributed by atoms with Crippen LogP contribution in [0.5, 0.6) is 0 Å². The summed E-state index contributed by atoms with van der Waals surface area (Å²) < 4.78 is 9.99. The molecule has 0 bridgehead atoms. The average Bonchev–Trinajstić information content (AvgIpc) is 3.17. The van der Waals surface area contributed by atoms with Gasteiger partial charge in [0, 0.05) is 17.3 Å². The van der Waals surface area contributed by atoms with Crippen molar-refractivity contribution in [2.75, 3.05) is 11.9 Å². The topological polar surface area (TPSA) is 94.6 Å². The van der Waals surface area contributed by atoms with Gasteiger partial charge in [-0.2, -0.15) is 0 Å². The molecular weight excluding hydrogens is 336 g/mol. The van der Waals surface area contributed by atoms with E-state index in [0.717, 1.165) is 5.56 Å². The number of hydrogen-bond acceptors (Lipinski definition) is 6. The lowest BCUT2D eigenvalue weighted by Gasteiger charge is -2.10. The van der Waals surface area contributed by atoms with Gasteiger partial charge in [-0.05, 0) is 42.8 Å². The van der Waals surface area contributed by atoms with Gasteiger partial charge in [0.25, 0.3) is 5.69 Å². The predicted molar refractivity (Wildman–Crippen MR) is 96.5 cm³/mol. The van der Waals surface area contributed by atoms with Gasteiger partial charge in [-0.3, -0.25) is 10.1 Å². The van der Waals surface area contributed by atoms with Gasteiger partial charge in [0.1, 0.15) is 5.69 Å². The van der Waals surface area contributed by atoms with Crippen LogP contribution in [0.4, 0.5) is 17.1 Å². The van der Waals surface area contributed by atoms with Crippen LogP contribution in [0.2, 0.25) is 0 Å². The third kappa shape index (κ3) is 3.72. The van der Waals surface area contributed by atoms with Gasteiger partial charge in [0.05, 0.1) is 29.6 Å². The van der Waals surface area contributed by atoms with Crippen LogP contribution in [0.15, 0.2) is 65.5 Å². The summed E-state index contributed by atoms with van der Waals surface area (Å²) in [4.78, 5) is 22.8. The fraction of sp³-hybridized carbons (Fsp3) is 0.105. The molecule has 0 saturated heterocycles. The number of rotatable bonds is 6. The maximum atomic E-state index is 11.8. The first-order valence-corrected chi connectivity index (χ1v) is 7.93. The third-order valence-electron chi connectivity index (χ3n) is 3.70. The second kappa shape index (κ2) is 7.52. The summed E-state index contributed by atoms with van der Waals surface area (Å²) in [6.07, 6.45) is 3.03. The number of hydrogen-bond donors (Lipinski definition) is 1. The van der Waals surface area contributed by atoms with Gasteiger partial charge in [0.2, 0.25) is 0 Å². The highest BCUT2D eigenvalue weighted by atomic mass is 16.6. The monoisotopic (exact) mass is 352 g/mol.